The van der Waals surface area contributed by atoms with E-state index in [1.165, 1.54) is 0 Å². The number of allylic oxidation sites excluding steroid dienone is 4. The third-order valence-corrected chi connectivity index (χ3v) is 7.29. The molecule has 2 fully saturated rings. The number of piperazine rings is 1. The van der Waals surface area contributed by atoms with Crippen LogP contribution >= 0.6 is 23.2 Å². The summed E-state index contributed by atoms with van der Waals surface area (Å²) in [5, 5.41) is 4.35. The molecule has 0 radical (unpaired) electrons. The summed E-state index contributed by atoms with van der Waals surface area (Å²) < 4.78 is 13.7. The van der Waals surface area contributed by atoms with E-state index in [2.05, 4.69) is 34.7 Å². The Morgan fingerprint density at radius 2 is 2.03 bits per heavy atom. The van der Waals surface area contributed by atoms with Crippen molar-refractivity contribution in [3.8, 4) is 0 Å². The Labute approximate surface area is 218 Å². The van der Waals surface area contributed by atoms with Gasteiger partial charge in [0.25, 0.3) is 0 Å². The lowest BCUT2D eigenvalue weighted by molar-refractivity contribution is -0.123. The van der Waals surface area contributed by atoms with Crippen LogP contribution in [-0.2, 0) is 11.5 Å². The van der Waals surface area contributed by atoms with Gasteiger partial charge in [-0.25, -0.2) is 4.39 Å². The second-order valence-electron chi connectivity index (χ2n) is 9.58. The minimum atomic E-state index is -0.520. The number of benzene rings is 1. The largest absolute Gasteiger partial charge is 0.382 e. The molecular formula is C27H37Cl2FN4O. The number of nitrogens with one attached hydrogen (secondary N) is 1. The monoisotopic (exact) mass is 522 g/mol. The first kappa shape index (κ1) is 27.6. The quantitative estimate of drug-likeness (QED) is 0.373. The number of amides is 1. The molecule has 0 spiro atoms. The fraction of sp³-hybridized carbons (Fsp3) is 0.519. The van der Waals surface area contributed by atoms with Crippen LogP contribution in [0.1, 0.15) is 44.6 Å². The minimum Gasteiger partial charge on any atom is -0.382 e. The Balaban J connectivity index is 1.58. The molecular weight excluding hydrogens is 486 g/mol. The number of alkyl halides is 1. The van der Waals surface area contributed by atoms with E-state index in [9.17, 15) is 9.18 Å². The van der Waals surface area contributed by atoms with Crippen molar-refractivity contribution in [2.24, 2.45) is 11.7 Å². The summed E-state index contributed by atoms with van der Waals surface area (Å²) in [6.45, 7) is 8.84. The van der Waals surface area contributed by atoms with Crippen LogP contribution in [0.25, 0.3) is 0 Å². The van der Waals surface area contributed by atoms with Gasteiger partial charge in [-0.15, -0.1) is 0 Å². The molecule has 1 aromatic rings. The van der Waals surface area contributed by atoms with Crippen LogP contribution in [0.5, 0.6) is 0 Å². The summed E-state index contributed by atoms with van der Waals surface area (Å²) in [5.74, 6) is -0.149. The molecule has 1 saturated heterocycles. The van der Waals surface area contributed by atoms with E-state index in [1.54, 1.807) is 12.2 Å². The highest BCUT2D eigenvalue weighted by molar-refractivity contribution is 6.35. The van der Waals surface area contributed by atoms with Gasteiger partial charge >= 0.3 is 0 Å². The molecule has 3 unspecified atom stereocenters. The molecule has 1 saturated carbocycles. The van der Waals surface area contributed by atoms with E-state index in [0.717, 1.165) is 69.7 Å². The molecule has 1 aromatic carbocycles. The second-order valence-corrected chi connectivity index (χ2v) is 10.5. The topological polar surface area (TPSA) is 61.6 Å². The molecule has 1 aliphatic carbocycles. The molecule has 0 bridgehead atoms. The van der Waals surface area contributed by atoms with Crippen LogP contribution in [0.2, 0.25) is 0 Å². The third kappa shape index (κ3) is 8.26. The van der Waals surface area contributed by atoms with Gasteiger partial charge in [-0.2, -0.15) is 0 Å². The van der Waals surface area contributed by atoms with Gasteiger partial charge in [0.05, 0.1) is 0 Å². The maximum absolute atomic E-state index is 13.7. The van der Waals surface area contributed by atoms with Crippen LogP contribution < -0.4 is 16.0 Å². The van der Waals surface area contributed by atoms with Gasteiger partial charge in [0, 0.05) is 71.2 Å². The first-order valence-corrected chi connectivity index (χ1v) is 13.1. The van der Waals surface area contributed by atoms with E-state index in [4.69, 9.17) is 28.9 Å². The fourth-order valence-electron chi connectivity index (χ4n) is 5.02. The van der Waals surface area contributed by atoms with Crippen molar-refractivity contribution in [2.75, 3.05) is 36.4 Å². The molecule has 2 aliphatic rings. The summed E-state index contributed by atoms with van der Waals surface area (Å²) in [6.07, 6.45) is 10.1. The first-order chi connectivity index (χ1) is 16.8. The number of nitrogens with zero attached hydrogens (tertiary/aromatic N) is 2. The lowest BCUT2D eigenvalue weighted by Crippen LogP contribution is -2.52. The van der Waals surface area contributed by atoms with E-state index in [0.29, 0.717) is 21.7 Å². The molecule has 1 amide bonds. The van der Waals surface area contributed by atoms with Crippen molar-refractivity contribution in [3.63, 3.8) is 0 Å². The summed E-state index contributed by atoms with van der Waals surface area (Å²) in [5.41, 5.74) is 8.14. The second kappa shape index (κ2) is 13.3. The minimum absolute atomic E-state index is 0.0114. The Bertz CT molecular complexity index is 943. The van der Waals surface area contributed by atoms with Gasteiger partial charge in [0.15, 0.2) is 0 Å². The number of primary amides is 1. The molecule has 3 N–H and O–H groups in total. The van der Waals surface area contributed by atoms with Crippen molar-refractivity contribution in [3.05, 3.63) is 58.6 Å². The highest BCUT2D eigenvalue weighted by Gasteiger charge is 2.31. The van der Waals surface area contributed by atoms with Gasteiger partial charge in [0.2, 0.25) is 5.91 Å². The maximum atomic E-state index is 13.7. The van der Waals surface area contributed by atoms with Gasteiger partial charge in [-0.3, -0.25) is 9.69 Å². The van der Waals surface area contributed by atoms with E-state index in [-0.39, 0.29) is 17.9 Å². The molecule has 192 valence electrons. The molecule has 1 heterocycles. The average Bonchev–Trinajstić information content (AvgIpc) is 2.83. The summed E-state index contributed by atoms with van der Waals surface area (Å²) in [4.78, 5) is 16.5. The van der Waals surface area contributed by atoms with E-state index in [1.807, 2.05) is 18.2 Å². The van der Waals surface area contributed by atoms with Gasteiger partial charge in [-0.05, 0) is 56.9 Å². The normalized spacial score (nSPS) is 22.9. The molecule has 8 heteroatoms. The molecule has 35 heavy (non-hydrogen) atoms. The Kier molecular flexibility index (Phi) is 10.5. The zero-order valence-electron chi connectivity index (χ0n) is 20.5. The number of halogens is 3. The van der Waals surface area contributed by atoms with Gasteiger partial charge < -0.3 is 16.0 Å². The molecule has 1 aliphatic heterocycles. The molecule has 0 aromatic heterocycles. The molecule has 5 nitrogen and oxygen atoms in total. The standard InChI is InChI=1S/C27H37Cl2FN4O/c1-19(28)15-23(29)7-3-5-20(2)32-26-17-25(10-9-22(26)18-30)34-13-11-33(12-14-34)24-8-4-6-21(16-24)27(31)35/h3,7,9-10,15,17,20-21,24,32H,1,4-6,8,11-14,16,18H2,2H3,(H2,31,35)/b7-3-,23-15+. The Morgan fingerprint density at radius 3 is 2.69 bits per heavy atom. The van der Waals surface area contributed by atoms with Crippen molar-refractivity contribution in [1.29, 1.82) is 0 Å². The van der Waals surface area contributed by atoms with E-state index < -0.39 is 6.67 Å². The van der Waals surface area contributed by atoms with Crippen molar-refractivity contribution in [2.45, 2.75) is 57.8 Å². The van der Waals surface area contributed by atoms with Gasteiger partial charge in [-0.1, -0.05) is 48.3 Å². The zero-order chi connectivity index (χ0) is 25.4. The average molecular weight is 524 g/mol. The zero-order valence-corrected chi connectivity index (χ0v) is 22.0. The summed E-state index contributed by atoms with van der Waals surface area (Å²) in [7, 11) is 0. The van der Waals surface area contributed by atoms with Crippen molar-refractivity contribution >= 4 is 40.5 Å². The highest BCUT2D eigenvalue weighted by atomic mass is 35.5. The third-order valence-electron chi connectivity index (χ3n) is 6.95. The van der Waals surface area contributed by atoms with Crippen molar-refractivity contribution in [1.82, 2.24) is 4.90 Å². The predicted octanol–water partition coefficient (Wildman–Crippen LogP) is 5.94. The first-order valence-electron chi connectivity index (χ1n) is 12.4. The smallest absolute Gasteiger partial charge is 0.220 e. The summed E-state index contributed by atoms with van der Waals surface area (Å²) >= 11 is 11.8. The van der Waals surface area contributed by atoms with Crippen molar-refractivity contribution < 1.29 is 9.18 Å². The number of hydrogen-bond acceptors (Lipinski definition) is 4. The number of hydrogen-bond donors (Lipinski definition) is 2. The number of carbonyl (C=O) groups is 1. The molecule has 3 atom stereocenters. The number of nitrogens with two attached hydrogens (primary N) is 1. The van der Waals surface area contributed by atoms with Crippen LogP contribution in [-0.4, -0.2) is 49.1 Å². The van der Waals surface area contributed by atoms with E-state index >= 15 is 0 Å². The number of anilines is 2. The fourth-order valence-corrected chi connectivity index (χ4v) is 5.41. The van der Waals surface area contributed by atoms with Crippen LogP contribution in [0.15, 0.2) is 53.1 Å². The number of carbonyl (C=O) groups excluding carboxylic acids is 1. The van der Waals surface area contributed by atoms with Gasteiger partial charge in [0.1, 0.15) is 6.67 Å². The summed E-state index contributed by atoms with van der Waals surface area (Å²) in [6, 6.07) is 6.47. The maximum Gasteiger partial charge on any atom is 0.220 e. The lowest BCUT2D eigenvalue weighted by Gasteiger charge is -2.42. The van der Waals surface area contributed by atoms with Crippen LogP contribution in [0, 0.1) is 5.92 Å². The number of rotatable bonds is 10. The Morgan fingerprint density at radius 1 is 1.29 bits per heavy atom. The molecule has 3 rings (SSSR count). The predicted molar refractivity (Wildman–Crippen MR) is 146 cm³/mol. The highest BCUT2D eigenvalue weighted by Crippen LogP contribution is 2.30. The lowest BCUT2D eigenvalue weighted by atomic mass is 9.84. The van der Waals surface area contributed by atoms with Crippen LogP contribution in [0.4, 0.5) is 15.8 Å². The SMILES string of the molecule is C=C(Cl)/C=C(Cl)\C=C/CC(C)Nc1cc(N2CCN(C3CCCC(C(N)=O)C3)CC2)ccc1CF. The van der Waals surface area contributed by atoms with Crippen LogP contribution in [0.3, 0.4) is 0 Å². The Hall–Kier alpha value is -2.02.